The molecule has 2 aromatic heterocycles. The van der Waals surface area contributed by atoms with Gasteiger partial charge in [0.25, 0.3) is 5.91 Å². The highest BCUT2D eigenvalue weighted by Crippen LogP contribution is 2.14. The summed E-state index contributed by atoms with van der Waals surface area (Å²) in [5.41, 5.74) is 1.66. The number of aromatic nitrogens is 3. The predicted molar refractivity (Wildman–Crippen MR) is 78.3 cm³/mol. The van der Waals surface area contributed by atoms with Crippen LogP contribution in [0, 0.1) is 13.8 Å². The van der Waals surface area contributed by atoms with Crippen molar-refractivity contribution in [1.82, 2.24) is 15.1 Å². The number of hydrogen-bond donors (Lipinski definition) is 1. The van der Waals surface area contributed by atoms with Crippen molar-refractivity contribution in [2.75, 3.05) is 17.7 Å². The normalized spacial score (nSPS) is 10.3. The fourth-order valence-corrected chi connectivity index (χ4v) is 2.27. The Morgan fingerprint density at radius 2 is 2.05 bits per heavy atom. The van der Waals surface area contributed by atoms with E-state index >= 15 is 0 Å². The molecule has 0 bridgehead atoms. The third kappa shape index (κ3) is 5.17. The zero-order chi connectivity index (χ0) is 15.9. The van der Waals surface area contributed by atoms with Gasteiger partial charge in [0.2, 0.25) is 0 Å². The number of aryl methyl sites for hydroxylation is 2. The molecule has 2 aromatic rings. The molecular weight excluding hydrogens is 308 g/mol. The van der Waals surface area contributed by atoms with Gasteiger partial charge in [0.1, 0.15) is 6.26 Å². The number of carbonyl (C=O) groups is 2. The molecule has 8 nitrogen and oxygen atoms in total. The summed E-state index contributed by atoms with van der Waals surface area (Å²) in [5, 5.41) is 6.42. The molecule has 1 N–H and O–H groups in total. The highest BCUT2D eigenvalue weighted by atomic mass is 32.2. The van der Waals surface area contributed by atoms with Gasteiger partial charge in [-0.25, -0.2) is 9.97 Å². The fraction of sp³-hybridized carbons (Fsp3) is 0.308. The zero-order valence-electron chi connectivity index (χ0n) is 12.0. The largest absolute Gasteiger partial charge is 0.455 e. The zero-order valence-corrected chi connectivity index (χ0v) is 12.8. The van der Waals surface area contributed by atoms with Gasteiger partial charge in [-0.15, -0.1) is 0 Å². The number of hydrogen-bond acceptors (Lipinski definition) is 8. The second-order valence-corrected chi connectivity index (χ2v) is 5.26. The van der Waals surface area contributed by atoms with Crippen LogP contribution in [0.3, 0.4) is 0 Å². The molecule has 116 valence electrons. The Morgan fingerprint density at radius 1 is 1.32 bits per heavy atom. The van der Waals surface area contributed by atoms with Crippen LogP contribution in [0.15, 0.2) is 28.1 Å². The van der Waals surface area contributed by atoms with Gasteiger partial charge in [0.15, 0.2) is 17.6 Å². The first kappa shape index (κ1) is 16.0. The van der Waals surface area contributed by atoms with Gasteiger partial charge in [-0.05, 0) is 19.9 Å². The lowest BCUT2D eigenvalue weighted by atomic mass is 10.4. The van der Waals surface area contributed by atoms with Crippen LogP contribution in [0.25, 0.3) is 0 Å². The smallest absolute Gasteiger partial charge is 0.316 e. The predicted octanol–water partition coefficient (Wildman–Crippen LogP) is 1.36. The summed E-state index contributed by atoms with van der Waals surface area (Å²) in [7, 11) is 0. The minimum Gasteiger partial charge on any atom is -0.455 e. The molecule has 0 unspecified atom stereocenters. The summed E-state index contributed by atoms with van der Waals surface area (Å²) in [6, 6.07) is 3.32. The van der Waals surface area contributed by atoms with Crippen LogP contribution in [0.4, 0.5) is 5.82 Å². The van der Waals surface area contributed by atoms with Crippen LogP contribution in [0.2, 0.25) is 0 Å². The van der Waals surface area contributed by atoms with E-state index in [2.05, 4.69) is 25.0 Å². The number of ether oxygens (including phenoxy) is 1. The maximum Gasteiger partial charge on any atom is 0.316 e. The Labute approximate surface area is 130 Å². The molecule has 0 saturated carbocycles. The topological polar surface area (TPSA) is 107 Å². The van der Waals surface area contributed by atoms with Crippen molar-refractivity contribution < 1.29 is 18.8 Å². The number of carbonyl (C=O) groups excluding carboxylic acids is 2. The lowest BCUT2D eigenvalue weighted by Gasteiger charge is -2.05. The maximum absolute atomic E-state index is 11.6. The Kier molecular flexibility index (Phi) is 5.48. The number of nitrogens with one attached hydrogen (secondary N) is 1. The number of nitrogens with zero attached hydrogens (tertiary/aromatic N) is 3. The van der Waals surface area contributed by atoms with Crippen molar-refractivity contribution in [3.8, 4) is 0 Å². The summed E-state index contributed by atoms with van der Waals surface area (Å²) < 4.78 is 9.41. The van der Waals surface area contributed by atoms with Crippen LogP contribution in [0.1, 0.15) is 11.4 Å². The average Bonchev–Trinajstić information content (AvgIpc) is 2.95. The van der Waals surface area contributed by atoms with E-state index in [0.717, 1.165) is 23.1 Å². The standard InChI is InChI=1S/C13H14N4O4S/c1-8-5-9(2)15-13(14-8)22-7-12(19)20-6-11(18)16-10-3-4-21-17-10/h3-5H,6-7H2,1-2H3,(H,16,17,18). The molecule has 0 aromatic carbocycles. The van der Waals surface area contributed by atoms with Crippen LogP contribution in [-0.2, 0) is 14.3 Å². The van der Waals surface area contributed by atoms with E-state index in [1.54, 1.807) is 0 Å². The Balaban J connectivity index is 1.72. The van der Waals surface area contributed by atoms with Crippen molar-refractivity contribution in [3.05, 3.63) is 29.8 Å². The number of esters is 1. The van der Waals surface area contributed by atoms with E-state index in [-0.39, 0.29) is 18.2 Å². The molecule has 0 fully saturated rings. The molecule has 0 aliphatic carbocycles. The van der Waals surface area contributed by atoms with Gasteiger partial charge in [-0.3, -0.25) is 9.59 Å². The molecule has 2 heterocycles. The molecule has 0 saturated heterocycles. The summed E-state index contributed by atoms with van der Waals surface area (Å²) in [6.07, 6.45) is 1.32. The first-order valence-corrected chi connectivity index (χ1v) is 7.32. The van der Waals surface area contributed by atoms with Gasteiger partial charge < -0.3 is 14.6 Å². The van der Waals surface area contributed by atoms with Gasteiger partial charge >= 0.3 is 5.97 Å². The van der Waals surface area contributed by atoms with Crippen LogP contribution < -0.4 is 5.32 Å². The summed E-state index contributed by atoms with van der Waals surface area (Å²) >= 11 is 1.16. The van der Waals surface area contributed by atoms with E-state index in [9.17, 15) is 9.59 Å². The minimum atomic E-state index is -0.525. The Morgan fingerprint density at radius 3 is 2.68 bits per heavy atom. The first-order chi connectivity index (χ1) is 10.5. The lowest BCUT2D eigenvalue weighted by molar-refractivity contribution is -0.144. The summed E-state index contributed by atoms with van der Waals surface area (Å²) in [5.74, 6) is -0.725. The number of amides is 1. The molecule has 2 rings (SSSR count). The molecule has 1 amide bonds. The molecule has 0 spiro atoms. The van der Waals surface area contributed by atoms with Gasteiger partial charge in [-0.2, -0.15) is 0 Å². The Bertz CT molecular complexity index is 640. The van der Waals surface area contributed by atoms with Crippen LogP contribution >= 0.6 is 11.8 Å². The van der Waals surface area contributed by atoms with Crippen molar-refractivity contribution in [3.63, 3.8) is 0 Å². The SMILES string of the molecule is Cc1cc(C)nc(SCC(=O)OCC(=O)Nc2ccon2)n1. The molecular formula is C13H14N4O4S. The summed E-state index contributed by atoms with van der Waals surface area (Å²) in [4.78, 5) is 31.5. The molecule has 0 radical (unpaired) electrons. The second kappa shape index (κ2) is 7.55. The third-order valence-electron chi connectivity index (χ3n) is 2.35. The van der Waals surface area contributed by atoms with Crippen LogP contribution in [-0.4, -0.2) is 39.4 Å². The van der Waals surface area contributed by atoms with Gasteiger partial charge in [-0.1, -0.05) is 16.9 Å². The van der Waals surface area contributed by atoms with Crippen molar-refractivity contribution >= 4 is 29.5 Å². The van der Waals surface area contributed by atoms with Crippen LogP contribution in [0.5, 0.6) is 0 Å². The van der Waals surface area contributed by atoms with E-state index in [0.29, 0.717) is 5.16 Å². The number of anilines is 1. The van der Waals surface area contributed by atoms with E-state index in [1.165, 1.54) is 12.3 Å². The summed E-state index contributed by atoms with van der Waals surface area (Å²) in [6.45, 7) is 3.32. The second-order valence-electron chi connectivity index (χ2n) is 4.32. The van der Waals surface area contributed by atoms with Crippen molar-refractivity contribution in [1.29, 1.82) is 0 Å². The minimum absolute atomic E-state index is 0.0279. The highest BCUT2D eigenvalue weighted by Gasteiger charge is 2.11. The molecule has 0 aliphatic heterocycles. The van der Waals surface area contributed by atoms with E-state index in [1.807, 2.05) is 19.9 Å². The quantitative estimate of drug-likeness (QED) is 0.482. The van der Waals surface area contributed by atoms with E-state index in [4.69, 9.17) is 4.74 Å². The number of rotatable bonds is 6. The van der Waals surface area contributed by atoms with Gasteiger partial charge in [0, 0.05) is 17.5 Å². The first-order valence-electron chi connectivity index (χ1n) is 6.34. The molecule has 9 heteroatoms. The lowest BCUT2D eigenvalue weighted by Crippen LogP contribution is -2.21. The van der Waals surface area contributed by atoms with Gasteiger partial charge in [0.05, 0.1) is 5.75 Å². The fourth-order valence-electron chi connectivity index (χ4n) is 1.53. The van der Waals surface area contributed by atoms with Crippen molar-refractivity contribution in [2.45, 2.75) is 19.0 Å². The number of thioether (sulfide) groups is 1. The monoisotopic (exact) mass is 322 g/mol. The van der Waals surface area contributed by atoms with Crippen molar-refractivity contribution in [2.24, 2.45) is 0 Å². The van der Waals surface area contributed by atoms with E-state index < -0.39 is 11.9 Å². The molecule has 0 aliphatic rings. The average molecular weight is 322 g/mol. The molecule has 22 heavy (non-hydrogen) atoms. The Hall–Kier alpha value is -2.42. The maximum atomic E-state index is 11.6. The highest BCUT2D eigenvalue weighted by molar-refractivity contribution is 7.99. The molecule has 0 atom stereocenters. The third-order valence-corrected chi connectivity index (χ3v) is 3.17.